The maximum absolute atomic E-state index is 11.1. The van der Waals surface area contributed by atoms with E-state index < -0.39 is 5.91 Å². The summed E-state index contributed by atoms with van der Waals surface area (Å²) >= 11 is 0. The van der Waals surface area contributed by atoms with Crippen LogP contribution in [0.15, 0.2) is 48.5 Å². The quantitative estimate of drug-likeness (QED) is 0.670. The van der Waals surface area contributed by atoms with Crippen molar-refractivity contribution in [3.8, 4) is 0 Å². The molecule has 4 N–H and O–H groups in total. The predicted octanol–water partition coefficient (Wildman–Crippen LogP) is 3.29. The van der Waals surface area contributed by atoms with Crippen LogP contribution in [0.1, 0.15) is 24.2 Å². The lowest BCUT2D eigenvalue weighted by atomic mass is 10.2. The molecule has 0 radical (unpaired) electrons. The highest BCUT2D eigenvalue weighted by atomic mass is 16.1. The summed E-state index contributed by atoms with van der Waals surface area (Å²) in [5.74, 6) is 0.822. The third-order valence-corrected chi connectivity index (χ3v) is 3.45. The Morgan fingerprint density at radius 3 is 2.42 bits per heavy atom. The Kier molecular flexibility index (Phi) is 4.29. The number of amides is 1. The molecule has 1 amide bonds. The largest absolute Gasteiger partial charge is 0.367 e. The summed E-state index contributed by atoms with van der Waals surface area (Å²) in [5, 5.41) is 7.48. The molecule has 0 aliphatic rings. The molecule has 0 fully saturated rings. The van der Waals surface area contributed by atoms with Crippen LogP contribution in [-0.4, -0.2) is 21.9 Å². The van der Waals surface area contributed by atoms with Gasteiger partial charge in [-0.15, -0.1) is 0 Å². The molecular weight excluding hydrogens is 302 g/mol. The van der Waals surface area contributed by atoms with Gasteiger partial charge in [-0.2, -0.15) is 4.98 Å². The van der Waals surface area contributed by atoms with Crippen molar-refractivity contribution in [2.45, 2.75) is 19.9 Å². The number of benzene rings is 2. The van der Waals surface area contributed by atoms with Crippen LogP contribution in [0.4, 0.5) is 17.5 Å². The second kappa shape index (κ2) is 6.54. The third-order valence-electron chi connectivity index (χ3n) is 3.45. The molecule has 1 aromatic heterocycles. The van der Waals surface area contributed by atoms with Gasteiger partial charge in [0.25, 0.3) is 0 Å². The summed E-state index contributed by atoms with van der Waals surface area (Å²) in [6.07, 6.45) is 0. The Bertz CT molecular complexity index is 874. The van der Waals surface area contributed by atoms with Gasteiger partial charge in [0.15, 0.2) is 0 Å². The maximum atomic E-state index is 11.1. The van der Waals surface area contributed by atoms with Crippen LogP contribution in [0.3, 0.4) is 0 Å². The van der Waals surface area contributed by atoms with Crippen LogP contribution in [-0.2, 0) is 0 Å². The van der Waals surface area contributed by atoms with Crippen molar-refractivity contribution in [1.29, 1.82) is 0 Å². The second-order valence-corrected chi connectivity index (χ2v) is 5.78. The number of hydrogen-bond donors (Lipinski definition) is 3. The first-order valence-electron chi connectivity index (χ1n) is 7.73. The average molecular weight is 321 g/mol. The molecule has 122 valence electrons. The highest BCUT2D eigenvalue weighted by Crippen LogP contribution is 2.24. The molecule has 0 bridgehead atoms. The molecule has 3 rings (SSSR count). The molecule has 6 heteroatoms. The topological polar surface area (TPSA) is 92.9 Å². The van der Waals surface area contributed by atoms with Crippen LogP contribution in [0, 0.1) is 0 Å². The fourth-order valence-corrected chi connectivity index (χ4v) is 2.36. The Hall–Kier alpha value is -3.15. The Labute approximate surface area is 140 Å². The van der Waals surface area contributed by atoms with Gasteiger partial charge < -0.3 is 16.4 Å². The molecule has 0 saturated carbocycles. The minimum absolute atomic E-state index is 0.256. The van der Waals surface area contributed by atoms with E-state index in [1.165, 1.54) is 0 Å². The maximum Gasteiger partial charge on any atom is 0.248 e. The van der Waals surface area contributed by atoms with E-state index in [9.17, 15) is 4.79 Å². The van der Waals surface area contributed by atoms with Crippen LogP contribution < -0.4 is 16.4 Å². The highest BCUT2D eigenvalue weighted by molar-refractivity contribution is 5.93. The molecule has 2 aromatic carbocycles. The Morgan fingerprint density at radius 1 is 1.04 bits per heavy atom. The van der Waals surface area contributed by atoms with E-state index in [1.54, 1.807) is 24.3 Å². The summed E-state index contributed by atoms with van der Waals surface area (Å²) in [4.78, 5) is 20.2. The molecular formula is C18H19N5O. The molecule has 0 spiro atoms. The van der Waals surface area contributed by atoms with E-state index in [2.05, 4.69) is 34.4 Å². The lowest BCUT2D eigenvalue weighted by molar-refractivity contribution is 0.100. The fraction of sp³-hybridized carbons (Fsp3) is 0.167. The summed E-state index contributed by atoms with van der Waals surface area (Å²) in [6, 6.07) is 15.0. The number of nitrogens with zero attached hydrogens (tertiary/aromatic N) is 2. The number of nitrogens with two attached hydrogens (primary N) is 1. The van der Waals surface area contributed by atoms with Crippen molar-refractivity contribution in [3.63, 3.8) is 0 Å². The monoisotopic (exact) mass is 321 g/mol. The molecule has 0 aliphatic heterocycles. The van der Waals surface area contributed by atoms with Gasteiger partial charge in [-0.05, 0) is 50.2 Å². The highest BCUT2D eigenvalue weighted by Gasteiger charge is 2.09. The van der Waals surface area contributed by atoms with Gasteiger partial charge in [0, 0.05) is 22.7 Å². The summed E-state index contributed by atoms with van der Waals surface area (Å²) in [6.45, 7) is 4.12. The van der Waals surface area contributed by atoms with Crippen LogP contribution in [0.2, 0.25) is 0 Å². The zero-order chi connectivity index (χ0) is 17.1. The normalized spacial score (nSPS) is 10.8. The summed E-state index contributed by atoms with van der Waals surface area (Å²) in [7, 11) is 0. The van der Waals surface area contributed by atoms with Crippen LogP contribution in [0.25, 0.3) is 10.9 Å². The number of fused-ring (bicyclic) bond motifs is 1. The van der Waals surface area contributed by atoms with Crippen molar-refractivity contribution in [2.75, 3.05) is 10.6 Å². The van der Waals surface area contributed by atoms with E-state index >= 15 is 0 Å². The Balaban J connectivity index is 1.95. The first-order chi connectivity index (χ1) is 11.5. The molecule has 1 heterocycles. The summed E-state index contributed by atoms with van der Waals surface area (Å²) in [5.41, 5.74) is 7.35. The number of anilines is 3. The van der Waals surface area contributed by atoms with Gasteiger partial charge in [-0.1, -0.05) is 12.1 Å². The van der Waals surface area contributed by atoms with Crippen molar-refractivity contribution in [2.24, 2.45) is 5.73 Å². The first-order valence-corrected chi connectivity index (χ1v) is 7.73. The van der Waals surface area contributed by atoms with E-state index in [0.29, 0.717) is 11.5 Å². The molecule has 0 saturated heterocycles. The van der Waals surface area contributed by atoms with Gasteiger partial charge in [0.1, 0.15) is 5.82 Å². The average Bonchev–Trinajstić information content (AvgIpc) is 2.55. The molecule has 0 atom stereocenters. The lowest BCUT2D eigenvalue weighted by Gasteiger charge is -2.14. The van der Waals surface area contributed by atoms with Crippen molar-refractivity contribution in [1.82, 2.24) is 9.97 Å². The second-order valence-electron chi connectivity index (χ2n) is 5.78. The number of carbonyl (C=O) groups is 1. The molecule has 24 heavy (non-hydrogen) atoms. The number of nitrogens with one attached hydrogen (secondary N) is 2. The number of carbonyl (C=O) groups excluding carboxylic acids is 1. The number of primary amides is 1. The lowest BCUT2D eigenvalue weighted by Crippen LogP contribution is -2.13. The molecule has 0 unspecified atom stereocenters. The molecule has 0 aliphatic carbocycles. The zero-order valence-electron chi connectivity index (χ0n) is 13.6. The first kappa shape index (κ1) is 15.7. The number of aromatic nitrogens is 2. The van der Waals surface area contributed by atoms with Gasteiger partial charge in [-0.3, -0.25) is 4.79 Å². The van der Waals surface area contributed by atoms with Crippen molar-refractivity contribution in [3.05, 3.63) is 54.1 Å². The van der Waals surface area contributed by atoms with E-state index in [1.807, 2.05) is 24.3 Å². The van der Waals surface area contributed by atoms with Crippen LogP contribution in [0.5, 0.6) is 0 Å². The zero-order valence-corrected chi connectivity index (χ0v) is 13.6. The number of rotatable bonds is 5. The SMILES string of the molecule is CC(C)Nc1nc(Nc2ccc(C(N)=O)cc2)nc2ccccc12. The number of para-hydroxylation sites is 1. The van der Waals surface area contributed by atoms with Gasteiger partial charge in [0.05, 0.1) is 5.52 Å². The molecule has 3 aromatic rings. The fourth-order valence-electron chi connectivity index (χ4n) is 2.36. The summed E-state index contributed by atoms with van der Waals surface area (Å²) < 4.78 is 0. The van der Waals surface area contributed by atoms with Crippen molar-refractivity contribution < 1.29 is 4.79 Å². The number of hydrogen-bond acceptors (Lipinski definition) is 5. The Morgan fingerprint density at radius 2 is 1.75 bits per heavy atom. The van der Waals surface area contributed by atoms with E-state index in [-0.39, 0.29) is 6.04 Å². The van der Waals surface area contributed by atoms with Gasteiger partial charge >= 0.3 is 0 Å². The molecule has 6 nitrogen and oxygen atoms in total. The van der Waals surface area contributed by atoms with E-state index in [0.717, 1.165) is 22.4 Å². The predicted molar refractivity (Wildman–Crippen MR) is 96.5 cm³/mol. The smallest absolute Gasteiger partial charge is 0.248 e. The minimum Gasteiger partial charge on any atom is -0.367 e. The van der Waals surface area contributed by atoms with E-state index in [4.69, 9.17) is 5.73 Å². The van der Waals surface area contributed by atoms with Gasteiger partial charge in [0.2, 0.25) is 11.9 Å². The standard InChI is InChI=1S/C18H19N5O/c1-11(2)20-17-14-5-3-4-6-15(14)22-18(23-17)21-13-9-7-12(8-10-13)16(19)24/h3-11H,1-2H3,(H2,19,24)(H2,20,21,22,23). The third kappa shape index (κ3) is 3.43. The van der Waals surface area contributed by atoms with Gasteiger partial charge in [-0.25, -0.2) is 4.98 Å². The van der Waals surface area contributed by atoms with Crippen LogP contribution >= 0.6 is 0 Å². The van der Waals surface area contributed by atoms with Crippen molar-refractivity contribution >= 4 is 34.3 Å². The minimum atomic E-state index is -0.452.